The zero-order chi connectivity index (χ0) is 14.1. The molecule has 18 heavy (non-hydrogen) atoms. The Morgan fingerprint density at radius 3 is 1.61 bits per heavy atom. The molecule has 0 N–H and O–H groups in total. The van der Waals surface area contributed by atoms with E-state index in [0.717, 1.165) is 16.7 Å². The van der Waals surface area contributed by atoms with Crippen molar-refractivity contribution in [3.8, 4) is 0 Å². The van der Waals surface area contributed by atoms with Crippen LogP contribution in [0.4, 0.5) is 0 Å². The lowest BCUT2D eigenvalue weighted by atomic mass is 9.72. The van der Waals surface area contributed by atoms with Crippen LogP contribution in [-0.4, -0.2) is 12.9 Å². The van der Waals surface area contributed by atoms with Crippen molar-refractivity contribution in [3.63, 3.8) is 0 Å². The van der Waals surface area contributed by atoms with Crippen LogP contribution >= 0.6 is 0 Å². The number of Topliss-reactive ketones (excluding diaryl/α,β-unsaturated/α-hetero) is 1. The molecule has 2 heteroatoms. The molecule has 1 aliphatic carbocycles. The lowest BCUT2D eigenvalue weighted by molar-refractivity contribution is -0.114. The van der Waals surface area contributed by atoms with Crippen molar-refractivity contribution in [2.75, 3.05) is 7.11 Å². The molecule has 1 aliphatic rings. The lowest BCUT2D eigenvalue weighted by Crippen LogP contribution is -2.27. The minimum atomic E-state index is -0.158. The van der Waals surface area contributed by atoms with Gasteiger partial charge < -0.3 is 4.74 Å². The molecule has 0 aliphatic heterocycles. The molecular weight excluding hydrogens is 224 g/mol. The Labute approximate surface area is 110 Å². The minimum Gasteiger partial charge on any atom is -0.504 e. The summed E-state index contributed by atoms with van der Waals surface area (Å²) < 4.78 is 5.08. The summed E-state index contributed by atoms with van der Waals surface area (Å²) in [6.45, 7) is 12.4. The lowest BCUT2D eigenvalue weighted by Gasteiger charge is -2.31. The summed E-state index contributed by atoms with van der Waals surface area (Å²) in [6.07, 6.45) is 5.55. The third-order valence-electron chi connectivity index (χ3n) is 2.98. The van der Waals surface area contributed by atoms with Gasteiger partial charge in [-0.25, -0.2) is 0 Å². The third kappa shape index (κ3) is 3.12. The Balaban J connectivity index is 3.35. The molecule has 0 aromatic carbocycles. The highest BCUT2D eigenvalue weighted by atomic mass is 16.5. The molecule has 0 bridgehead atoms. The van der Waals surface area contributed by atoms with Crippen molar-refractivity contribution >= 4 is 5.78 Å². The van der Waals surface area contributed by atoms with Crippen LogP contribution < -0.4 is 0 Å². The maximum absolute atomic E-state index is 12.6. The van der Waals surface area contributed by atoms with E-state index in [9.17, 15) is 4.79 Å². The van der Waals surface area contributed by atoms with Crippen LogP contribution in [0.3, 0.4) is 0 Å². The Morgan fingerprint density at radius 2 is 1.33 bits per heavy atom. The van der Waals surface area contributed by atoms with Gasteiger partial charge in [0.05, 0.1) is 13.4 Å². The second-order valence-corrected chi connectivity index (χ2v) is 6.80. The fraction of sp³-hybridized carbons (Fsp3) is 0.562. The summed E-state index contributed by atoms with van der Waals surface area (Å²) in [5.74, 6) is 0.156. The summed E-state index contributed by atoms with van der Waals surface area (Å²) in [5, 5.41) is 0. The van der Waals surface area contributed by atoms with E-state index in [1.54, 1.807) is 13.4 Å². The molecule has 0 aromatic rings. The van der Waals surface area contributed by atoms with Crippen LogP contribution in [0.2, 0.25) is 0 Å². The van der Waals surface area contributed by atoms with Gasteiger partial charge in [0.2, 0.25) is 0 Å². The molecule has 0 saturated carbocycles. The second-order valence-electron chi connectivity index (χ2n) is 6.80. The molecule has 0 amide bonds. The van der Waals surface area contributed by atoms with Gasteiger partial charge in [-0.3, -0.25) is 4.79 Å². The number of hydrogen-bond acceptors (Lipinski definition) is 2. The van der Waals surface area contributed by atoms with E-state index in [4.69, 9.17) is 4.74 Å². The first kappa shape index (κ1) is 14.7. The predicted molar refractivity (Wildman–Crippen MR) is 75.2 cm³/mol. The number of allylic oxidation sites excluding steroid dienone is 5. The van der Waals surface area contributed by atoms with Crippen molar-refractivity contribution in [2.24, 2.45) is 10.8 Å². The van der Waals surface area contributed by atoms with Crippen molar-refractivity contribution in [3.05, 3.63) is 35.1 Å². The second kappa shape index (κ2) is 4.75. The topological polar surface area (TPSA) is 26.3 Å². The Morgan fingerprint density at radius 1 is 0.944 bits per heavy atom. The van der Waals surface area contributed by atoms with E-state index in [1.165, 1.54) is 0 Å². The van der Waals surface area contributed by atoms with Crippen LogP contribution in [0, 0.1) is 10.8 Å². The number of hydrogen-bond donors (Lipinski definition) is 0. The number of ketones is 1. The van der Waals surface area contributed by atoms with Crippen LogP contribution in [-0.2, 0) is 9.53 Å². The minimum absolute atomic E-state index is 0.156. The van der Waals surface area contributed by atoms with Gasteiger partial charge in [-0.1, -0.05) is 41.5 Å². The zero-order valence-electron chi connectivity index (χ0n) is 12.5. The van der Waals surface area contributed by atoms with E-state index in [2.05, 4.69) is 41.5 Å². The van der Waals surface area contributed by atoms with Crippen LogP contribution in [0.5, 0.6) is 0 Å². The summed E-state index contributed by atoms with van der Waals surface area (Å²) in [4.78, 5) is 12.6. The summed E-state index contributed by atoms with van der Waals surface area (Å²) in [7, 11) is 1.62. The first-order chi connectivity index (χ1) is 8.07. The highest BCUT2D eigenvalue weighted by Crippen LogP contribution is 2.38. The van der Waals surface area contributed by atoms with Gasteiger partial charge in [0.15, 0.2) is 5.78 Å². The van der Waals surface area contributed by atoms with Crippen LogP contribution in [0.25, 0.3) is 0 Å². The Kier molecular flexibility index (Phi) is 3.89. The molecule has 100 valence electrons. The quantitative estimate of drug-likeness (QED) is 0.654. The molecule has 0 spiro atoms. The van der Waals surface area contributed by atoms with E-state index < -0.39 is 0 Å². The largest absolute Gasteiger partial charge is 0.504 e. The van der Waals surface area contributed by atoms with Crippen molar-refractivity contribution in [2.45, 2.75) is 41.5 Å². The monoisotopic (exact) mass is 248 g/mol. The molecule has 1 rings (SSSR count). The van der Waals surface area contributed by atoms with Crippen LogP contribution in [0.15, 0.2) is 35.1 Å². The predicted octanol–water partition coefficient (Wildman–Crippen LogP) is 4.04. The normalized spacial score (nSPS) is 17.3. The first-order valence-corrected chi connectivity index (χ1v) is 6.29. The van der Waals surface area contributed by atoms with Crippen molar-refractivity contribution in [1.29, 1.82) is 0 Å². The van der Waals surface area contributed by atoms with Gasteiger partial charge in [-0.2, -0.15) is 0 Å². The number of carbonyl (C=O) groups excluding carboxylic acids is 1. The third-order valence-corrected chi connectivity index (χ3v) is 2.98. The Hall–Kier alpha value is -1.31. The maximum atomic E-state index is 12.6. The van der Waals surface area contributed by atoms with E-state index in [1.807, 2.05) is 12.2 Å². The number of methoxy groups -OCH3 is 1. The number of carbonyl (C=O) groups is 1. The van der Waals surface area contributed by atoms with E-state index in [-0.39, 0.29) is 16.6 Å². The van der Waals surface area contributed by atoms with Gasteiger partial charge in [0.25, 0.3) is 0 Å². The van der Waals surface area contributed by atoms with Crippen LogP contribution in [0.1, 0.15) is 41.5 Å². The smallest absolute Gasteiger partial charge is 0.186 e. The highest BCUT2D eigenvalue weighted by Gasteiger charge is 2.33. The summed E-state index contributed by atoms with van der Waals surface area (Å²) >= 11 is 0. The first-order valence-electron chi connectivity index (χ1n) is 6.29. The van der Waals surface area contributed by atoms with Gasteiger partial charge in [0.1, 0.15) is 0 Å². The number of rotatable bonds is 1. The maximum Gasteiger partial charge on any atom is 0.186 e. The molecule has 0 saturated heterocycles. The Bertz CT molecular complexity index is 399. The zero-order valence-corrected chi connectivity index (χ0v) is 12.5. The highest BCUT2D eigenvalue weighted by molar-refractivity contribution is 6.11. The molecule has 2 nitrogen and oxygen atoms in total. The SMILES string of the molecule is COC=C1C=C(C(C)(C)C)C(=O)C(C(C)(C)C)=C1. The van der Waals surface area contributed by atoms with Gasteiger partial charge in [-0.05, 0) is 23.0 Å². The molecule has 0 heterocycles. The summed E-state index contributed by atoms with van der Waals surface area (Å²) in [5.41, 5.74) is 2.33. The number of ether oxygens (including phenoxy) is 1. The van der Waals surface area contributed by atoms with Crippen molar-refractivity contribution in [1.82, 2.24) is 0 Å². The molecule has 0 atom stereocenters. The van der Waals surface area contributed by atoms with Gasteiger partial charge in [-0.15, -0.1) is 0 Å². The molecular formula is C16H24O2. The molecule has 0 radical (unpaired) electrons. The van der Waals surface area contributed by atoms with Crippen molar-refractivity contribution < 1.29 is 9.53 Å². The standard InChI is InChI=1S/C16H24O2/c1-15(2,3)12-8-11(10-18-7)9-13(14(12)17)16(4,5)6/h8-10H,1-7H3. The average Bonchev–Trinajstić information content (AvgIpc) is 2.17. The summed E-state index contributed by atoms with van der Waals surface area (Å²) in [6, 6.07) is 0. The van der Waals surface area contributed by atoms with Gasteiger partial charge >= 0.3 is 0 Å². The molecule has 0 aromatic heterocycles. The van der Waals surface area contributed by atoms with E-state index >= 15 is 0 Å². The van der Waals surface area contributed by atoms with E-state index in [0.29, 0.717) is 0 Å². The fourth-order valence-corrected chi connectivity index (χ4v) is 1.97. The fourth-order valence-electron chi connectivity index (χ4n) is 1.97. The average molecular weight is 248 g/mol. The molecule has 0 unspecified atom stereocenters. The van der Waals surface area contributed by atoms with Gasteiger partial charge in [0, 0.05) is 16.7 Å². The molecule has 0 fully saturated rings.